The van der Waals surface area contributed by atoms with Crippen LogP contribution in [0.2, 0.25) is 0 Å². The molecule has 1 aromatic heterocycles. The van der Waals surface area contributed by atoms with Gasteiger partial charge in [0, 0.05) is 37.6 Å². The van der Waals surface area contributed by atoms with Crippen molar-refractivity contribution in [2.24, 2.45) is 0 Å². The molecule has 0 amide bonds. The van der Waals surface area contributed by atoms with Crippen molar-refractivity contribution in [1.82, 2.24) is 14.5 Å². The third-order valence-electron chi connectivity index (χ3n) is 4.42. The monoisotopic (exact) mass is 383 g/mol. The zero-order chi connectivity index (χ0) is 17.9. The molecule has 0 radical (unpaired) electrons. The number of rotatable bonds is 6. The van der Waals surface area contributed by atoms with Crippen LogP contribution in [0.5, 0.6) is 0 Å². The van der Waals surface area contributed by atoms with Gasteiger partial charge in [-0.2, -0.15) is 0 Å². The number of piperazine rings is 1. The van der Waals surface area contributed by atoms with Crippen molar-refractivity contribution in [3.8, 4) is 0 Å². The molecule has 3 rings (SSSR count). The summed E-state index contributed by atoms with van der Waals surface area (Å²) in [4.78, 5) is 5.65. The molecule has 1 fully saturated rings. The van der Waals surface area contributed by atoms with E-state index < -0.39 is 15.8 Å². The highest BCUT2D eigenvalue weighted by molar-refractivity contribution is 7.89. The Labute approximate surface area is 152 Å². The summed E-state index contributed by atoms with van der Waals surface area (Å²) in [5.74, 6) is -0.559. The molecule has 1 unspecified atom stereocenters. The fraction of sp³-hybridized carbons (Fsp3) is 0.412. The van der Waals surface area contributed by atoms with Crippen LogP contribution in [0.25, 0.3) is 0 Å². The van der Waals surface area contributed by atoms with Gasteiger partial charge >= 0.3 is 0 Å². The van der Waals surface area contributed by atoms with Gasteiger partial charge in [-0.25, -0.2) is 17.5 Å². The molecule has 136 valence electrons. The minimum atomic E-state index is -3.74. The average molecular weight is 384 g/mol. The highest BCUT2D eigenvalue weighted by Gasteiger charge is 2.26. The average Bonchev–Trinajstić information content (AvgIpc) is 3.11. The lowest BCUT2D eigenvalue weighted by Gasteiger charge is -2.37. The van der Waals surface area contributed by atoms with Gasteiger partial charge in [-0.05, 0) is 36.7 Å². The molecule has 0 spiro atoms. The van der Waals surface area contributed by atoms with Crippen molar-refractivity contribution in [2.75, 3.05) is 39.8 Å². The number of hydrogen-bond acceptors (Lipinski definition) is 5. The number of hydrogen-bond donors (Lipinski definition) is 1. The second-order valence-corrected chi connectivity index (χ2v) is 8.93. The maximum absolute atomic E-state index is 13.3. The quantitative estimate of drug-likeness (QED) is 0.831. The normalized spacial score (nSPS) is 18.3. The molecule has 1 N–H and O–H groups in total. The van der Waals surface area contributed by atoms with Crippen LogP contribution in [0, 0.1) is 5.82 Å². The van der Waals surface area contributed by atoms with Crippen LogP contribution in [0.4, 0.5) is 4.39 Å². The summed E-state index contributed by atoms with van der Waals surface area (Å²) in [6.45, 7) is 3.96. The van der Waals surface area contributed by atoms with Crippen molar-refractivity contribution in [3.05, 3.63) is 52.5 Å². The second-order valence-electron chi connectivity index (χ2n) is 6.18. The fourth-order valence-electron chi connectivity index (χ4n) is 2.93. The zero-order valence-corrected chi connectivity index (χ0v) is 15.7. The van der Waals surface area contributed by atoms with Gasteiger partial charge < -0.3 is 4.90 Å². The maximum atomic E-state index is 13.3. The van der Waals surface area contributed by atoms with E-state index in [2.05, 4.69) is 21.6 Å². The maximum Gasteiger partial charge on any atom is 0.240 e. The van der Waals surface area contributed by atoms with E-state index >= 15 is 0 Å². The molecule has 25 heavy (non-hydrogen) atoms. The Hall–Kier alpha value is -1.32. The molecule has 2 aromatic rings. The van der Waals surface area contributed by atoms with Gasteiger partial charge in [0.2, 0.25) is 10.0 Å². The summed E-state index contributed by atoms with van der Waals surface area (Å²) in [7, 11) is -1.65. The molecular formula is C17H22FN3O2S2. The van der Waals surface area contributed by atoms with Crippen molar-refractivity contribution in [2.45, 2.75) is 10.9 Å². The minimum Gasteiger partial charge on any atom is -0.304 e. The number of likely N-dealkylation sites (N-methyl/N-ethyl adjacent to an activating group) is 1. The van der Waals surface area contributed by atoms with Crippen molar-refractivity contribution in [3.63, 3.8) is 0 Å². The lowest BCUT2D eigenvalue weighted by molar-refractivity contribution is 0.114. The number of halogens is 1. The Morgan fingerprint density at radius 2 is 1.96 bits per heavy atom. The first-order valence-corrected chi connectivity index (χ1v) is 10.5. The third kappa shape index (κ3) is 4.65. The first kappa shape index (κ1) is 18.5. The minimum absolute atomic E-state index is 0.0166. The molecule has 0 saturated carbocycles. The van der Waals surface area contributed by atoms with E-state index in [-0.39, 0.29) is 17.5 Å². The summed E-state index contributed by atoms with van der Waals surface area (Å²) in [5.41, 5.74) is 0. The first-order chi connectivity index (χ1) is 12.0. The first-order valence-electron chi connectivity index (χ1n) is 8.17. The Morgan fingerprint density at radius 3 is 2.60 bits per heavy atom. The molecule has 0 bridgehead atoms. The number of thiophene rings is 1. The number of sulfonamides is 1. The fourth-order valence-corrected chi connectivity index (χ4v) is 4.86. The molecule has 0 aliphatic carbocycles. The lowest BCUT2D eigenvalue weighted by atomic mass is 10.2. The molecule has 8 heteroatoms. The number of nitrogens with one attached hydrogen (secondary N) is 1. The van der Waals surface area contributed by atoms with Gasteiger partial charge in [0.25, 0.3) is 0 Å². The van der Waals surface area contributed by atoms with Gasteiger partial charge in [0.15, 0.2) is 0 Å². The molecule has 1 saturated heterocycles. The number of nitrogens with zero attached hydrogens (tertiary/aromatic N) is 2. The number of benzene rings is 1. The van der Waals surface area contributed by atoms with E-state index in [1.165, 1.54) is 18.2 Å². The molecule has 2 heterocycles. The van der Waals surface area contributed by atoms with Crippen molar-refractivity contribution < 1.29 is 12.8 Å². The van der Waals surface area contributed by atoms with Crippen LogP contribution >= 0.6 is 11.3 Å². The van der Waals surface area contributed by atoms with Gasteiger partial charge in [-0.1, -0.05) is 12.1 Å². The SMILES string of the molecule is CN1CCN(C(CNS(=O)(=O)c2cccc(F)c2)c2cccs2)CC1. The lowest BCUT2D eigenvalue weighted by Crippen LogP contribution is -2.48. The molecule has 1 aliphatic rings. The van der Waals surface area contributed by atoms with Crippen molar-refractivity contribution in [1.29, 1.82) is 0 Å². The third-order valence-corrected chi connectivity index (χ3v) is 6.82. The molecule has 1 aromatic carbocycles. The highest BCUT2D eigenvalue weighted by atomic mass is 32.2. The van der Waals surface area contributed by atoms with E-state index in [1.54, 1.807) is 11.3 Å². The predicted octanol–water partition coefficient (Wildman–Crippen LogP) is 2.15. The Morgan fingerprint density at radius 1 is 1.20 bits per heavy atom. The van der Waals surface area contributed by atoms with Crippen LogP contribution in [0.15, 0.2) is 46.7 Å². The Kier molecular flexibility index (Phi) is 5.85. The molecule has 1 aliphatic heterocycles. The van der Waals surface area contributed by atoms with E-state index in [9.17, 15) is 12.8 Å². The Balaban J connectivity index is 1.74. The van der Waals surface area contributed by atoms with E-state index in [1.807, 2.05) is 17.5 Å². The van der Waals surface area contributed by atoms with Crippen molar-refractivity contribution >= 4 is 21.4 Å². The Bertz CT molecular complexity index is 788. The van der Waals surface area contributed by atoms with E-state index in [4.69, 9.17) is 0 Å². The molecular weight excluding hydrogens is 361 g/mol. The molecule has 5 nitrogen and oxygen atoms in total. The summed E-state index contributed by atoms with van der Waals surface area (Å²) in [6, 6.07) is 9.07. The van der Waals surface area contributed by atoms with Gasteiger partial charge in [0.1, 0.15) is 5.82 Å². The van der Waals surface area contributed by atoms with E-state index in [0.717, 1.165) is 37.1 Å². The summed E-state index contributed by atoms with van der Waals surface area (Å²) >= 11 is 1.62. The molecule has 1 atom stereocenters. The van der Waals surface area contributed by atoms with Gasteiger partial charge in [0.05, 0.1) is 10.9 Å². The van der Waals surface area contributed by atoms with Crippen LogP contribution in [0.1, 0.15) is 10.9 Å². The second kappa shape index (κ2) is 7.92. The van der Waals surface area contributed by atoms with Crippen LogP contribution in [-0.2, 0) is 10.0 Å². The predicted molar refractivity (Wildman–Crippen MR) is 97.7 cm³/mol. The van der Waals surface area contributed by atoms with E-state index in [0.29, 0.717) is 0 Å². The largest absolute Gasteiger partial charge is 0.304 e. The summed E-state index contributed by atoms with van der Waals surface area (Å²) in [6.07, 6.45) is 0. The topological polar surface area (TPSA) is 52.6 Å². The smallest absolute Gasteiger partial charge is 0.240 e. The van der Waals surface area contributed by atoms with Crippen LogP contribution in [0.3, 0.4) is 0 Å². The standard InChI is InChI=1S/C17H22FN3O2S2/c1-20-7-9-21(10-8-20)16(17-6-3-11-24-17)13-19-25(22,23)15-5-2-4-14(18)12-15/h2-6,11-12,16,19H,7-10,13H2,1H3. The van der Waals surface area contributed by atoms with Crippen LogP contribution < -0.4 is 4.72 Å². The zero-order valence-electron chi connectivity index (χ0n) is 14.1. The van der Waals surface area contributed by atoms with Gasteiger partial charge in [-0.3, -0.25) is 4.90 Å². The summed E-state index contributed by atoms with van der Waals surface area (Å²) < 4.78 is 41.0. The van der Waals surface area contributed by atoms with Crippen LogP contribution in [-0.4, -0.2) is 58.0 Å². The highest BCUT2D eigenvalue weighted by Crippen LogP contribution is 2.26. The summed E-state index contributed by atoms with van der Waals surface area (Å²) in [5, 5.41) is 2.00. The van der Waals surface area contributed by atoms with Gasteiger partial charge in [-0.15, -0.1) is 11.3 Å².